The highest BCUT2D eigenvalue weighted by Gasteiger charge is 2.35. The Morgan fingerprint density at radius 2 is 2.04 bits per heavy atom. The van der Waals surface area contributed by atoms with E-state index in [1.54, 1.807) is 12.1 Å². The molecule has 3 heterocycles. The number of amides is 1. The van der Waals surface area contributed by atoms with Gasteiger partial charge >= 0.3 is 0 Å². The van der Waals surface area contributed by atoms with Crippen molar-refractivity contribution in [2.24, 2.45) is 0 Å². The molecule has 1 saturated heterocycles. The summed E-state index contributed by atoms with van der Waals surface area (Å²) < 4.78 is 26.0. The zero-order valence-electron chi connectivity index (χ0n) is 15.7. The van der Waals surface area contributed by atoms with Crippen LogP contribution in [0.25, 0.3) is 11.4 Å². The molecule has 150 valence electrons. The molecule has 2 unspecified atom stereocenters. The number of carbonyl (C=O) groups excluding carboxylic acids is 1. The fourth-order valence-corrected chi connectivity index (χ4v) is 4.65. The van der Waals surface area contributed by atoms with Crippen molar-refractivity contribution < 1.29 is 13.2 Å². The highest BCUT2D eigenvalue weighted by Crippen LogP contribution is 2.32. The summed E-state index contributed by atoms with van der Waals surface area (Å²) in [5.74, 6) is -0.348. The summed E-state index contributed by atoms with van der Waals surface area (Å²) in [6.07, 6.45) is 2.47. The molecule has 2 aromatic rings. The Labute approximate surface area is 168 Å². The van der Waals surface area contributed by atoms with Crippen LogP contribution in [0.1, 0.15) is 29.0 Å². The zero-order chi connectivity index (χ0) is 20.5. The molecule has 1 fully saturated rings. The van der Waals surface area contributed by atoms with Crippen molar-refractivity contribution >= 4 is 27.5 Å². The molecule has 0 spiro atoms. The van der Waals surface area contributed by atoms with Gasteiger partial charge in [0.15, 0.2) is 0 Å². The van der Waals surface area contributed by atoms with E-state index in [-0.39, 0.29) is 22.8 Å². The van der Waals surface area contributed by atoms with E-state index in [1.807, 2.05) is 6.92 Å². The lowest BCUT2D eigenvalue weighted by Crippen LogP contribution is -2.53. The quantitative estimate of drug-likeness (QED) is 0.698. The van der Waals surface area contributed by atoms with Gasteiger partial charge in [-0.2, -0.15) is 4.31 Å². The molecule has 2 N–H and O–H groups in total. The van der Waals surface area contributed by atoms with Gasteiger partial charge in [-0.05, 0) is 30.7 Å². The lowest BCUT2D eigenvalue weighted by Gasteiger charge is -2.39. The molecule has 3 rings (SSSR count). The number of hydrogen-bond donors (Lipinski definition) is 2. The monoisotopic (exact) mass is 424 g/mol. The first-order valence-corrected chi connectivity index (χ1v) is 10.9. The number of halogens is 1. The van der Waals surface area contributed by atoms with Crippen LogP contribution in [0.3, 0.4) is 0 Å². The van der Waals surface area contributed by atoms with Crippen molar-refractivity contribution in [3.63, 3.8) is 0 Å². The van der Waals surface area contributed by atoms with Crippen molar-refractivity contribution in [2.45, 2.75) is 19.0 Å². The maximum absolute atomic E-state index is 12.3. The second kappa shape index (κ2) is 8.08. The highest BCUT2D eigenvalue weighted by atomic mass is 35.5. The number of pyridine rings is 1. The standard InChI is InChI=1S/C17H21ClN6O3S/c1-10-16(24(5-4-20-10)28(3,26)27)11-6-13(23-15(18)7-11)12-8-14(17(25)19-2)22-9-21-12/h6-10,16,20H,4-5H2,1-3H3,(H,19,25). The van der Waals surface area contributed by atoms with Crippen molar-refractivity contribution in [1.82, 2.24) is 29.9 Å². The number of rotatable bonds is 4. The molecule has 1 aliphatic heterocycles. The first kappa shape index (κ1) is 20.6. The molecule has 0 saturated carbocycles. The lowest BCUT2D eigenvalue weighted by atomic mass is 9.98. The highest BCUT2D eigenvalue weighted by molar-refractivity contribution is 7.88. The third-order valence-corrected chi connectivity index (χ3v) is 6.01. The summed E-state index contributed by atoms with van der Waals surface area (Å²) in [6.45, 7) is 2.85. The van der Waals surface area contributed by atoms with Crippen molar-refractivity contribution in [1.29, 1.82) is 0 Å². The van der Waals surface area contributed by atoms with Crippen LogP contribution in [0.4, 0.5) is 0 Å². The number of sulfonamides is 1. The van der Waals surface area contributed by atoms with Crippen molar-refractivity contribution in [3.05, 3.63) is 40.9 Å². The molecule has 2 atom stereocenters. The van der Waals surface area contributed by atoms with E-state index in [0.29, 0.717) is 30.0 Å². The number of nitrogens with zero attached hydrogens (tertiary/aromatic N) is 4. The average Bonchev–Trinajstić information content (AvgIpc) is 2.66. The summed E-state index contributed by atoms with van der Waals surface area (Å²) in [7, 11) is -1.91. The maximum Gasteiger partial charge on any atom is 0.269 e. The molecule has 28 heavy (non-hydrogen) atoms. The maximum atomic E-state index is 12.3. The van der Waals surface area contributed by atoms with Crippen LogP contribution in [0.2, 0.25) is 5.15 Å². The molecule has 9 nitrogen and oxygen atoms in total. The minimum Gasteiger partial charge on any atom is -0.354 e. The Morgan fingerprint density at radius 3 is 2.71 bits per heavy atom. The number of piperazine rings is 1. The molecular formula is C17H21ClN6O3S. The summed E-state index contributed by atoms with van der Waals surface area (Å²) >= 11 is 6.24. The fourth-order valence-electron chi connectivity index (χ4n) is 3.30. The van der Waals surface area contributed by atoms with Crippen molar-refractivity contribution in [2.75, 3.05) is 26.4 Å². The minimum atomic E-state index is -3.42. The smallest absolute Gasteiger partial charge is 0.269 e. The number of nitrogens with one attached hydrogen (secondary N) is 2. The molecule has 2 aromatic heterocycles. The van der Waals surface area contributed by atoms with E-state index < -0.39 is 16.1 Å². The van der Waals surface area contributed by atoms with Crippen molar-refractivity contribution in [3.8, 4) is 11.4 Å². The summed E-state index contributed by atoms with van der Waals surface area (Å²) in [5, 5.41) is 6.01. The summed E-state index contributed by atoms with van der Waals surface area (Å²) in [4.78, 5) is 24.3. The Morgan fingerprint density at radius 1 is 1.29 bits per heavy atom. The van der Waals surface area contributed by atoms with Crippen LogP contribution in [-0.2, 0) is 10.0 Å². The largest absolute Gasteiger partial charge is 0.354 e. The third-order valence-electron chi connectivity index (χ3n) is 4.56. The number of hydrogen-bond acceptors (Lipinski definition) is 7. The van der Waals surface area contributed by atoms with Crippen LogP contribution < -0.4 is 10.6 Å². The Kier molecular flexibility index (Phi) is 5.94. The van der Waals surface area contributed by atoms with Crippen LogP contribution in [-0.4, -0.2) is 66.0 Å². The molecule has 0 bridgehead atoms. The van der Waals surface area contributed by atoms with Gasteiger partial charge in [0, 0.05) is 26.2 Å². The third kappa shape index (κ3) is 4.30. The molecule has 0 aliphatic carbocycles. The van der Waals surface area contributed by atoms with Gasteiger partial charge in [-0.25, -0.2) is 23.4 Å². The van der Waals surface area contributed by atoms with Gasteiger partial charge in [-0.3, -0.25) is 4.79 Å². The van der Waals surface area contributed by atoms with E-state index in [9.17, 15) is 13.2 Å². The fraction of sp³-hybridized carbons (Fsp3) is 0.412. The van der Waals surface area contributed by atoms with Gasteiger partial charge in [0.05, 0.1) is 23.7 Å². The predicted molar refractivity (Wildman–Crippen MR) is 105 cm³/mol. The van der Waals surface area contributed by atoms with E-state index in [0.717, 1.165) is 0 Å². The molecule has 1 aliphatic rings. The molecular weight excluding hydrogens is 404 g/mol. The molecule has 1 amide bonds. The first-order chi connectivity index (χ1) is 13.2. The van der Waals surface area contributed by atoms with E-state index >= 15 is 0 Å². The van der Waals surface area contributed by atoms with E-state index in [2.05, 4.69) is 25.6 Å². The van der Waals surface area contributed by atoms with Gasteiger partial charge in [-0.15, -0.1) is 0 Å². The first-order valence-electron chi connectivity index (χ1n) is 8.63. The lowest BCUT2D eigenvalue weighted by molar-refractivity contribution is 0.0958. The Hall–Kier alpha value is -2.14. The molecule has 11 heteroatoms. The van der Waals surface area contributed by atoms with Crippen LogP contribution in [0.5, 0.6) is 0 Å². The molecule has 0 aromatic carbocycles. The van der Waals surface area contributed by atoms with Gasteiger partial charge in [0.25, 0.3) is 5.91 Å². The van der Waals surface area contributed by atoms with Crippen LogP contribution >= 0.6 is 11.6 Å². The van der Waals surface area contributed by atoms with Gasteiger partial charge in [0.2, 0.25) is 10.0 Å². The Bertz CT molecular complexity index is 1000. The average molecular weight is 425 g/mol. The number of carbonyl (C=O) groups is 1. The minimum absolute atomic E-state index is 0.123. The van der Waals surface area contributed by atoms with Gasteiger partial charge in [-0.1, -0.05) is 11.6 Å². The second-order valence-electron chi connectivity index (χ2n) is 6.54. The second-order valence-corrected chi connectivity index (χ2v) is 8.86. The van der Waals surface area contributed by atoms with E-state index in [1.165, 1.54) is 30.0 Å². The predicted octanol–water partition coefficient (Wildman–Crippen LogP) is 0.846. The number of aromatic nitrogens is 3. The Balaban J connectivity index is 2.08. The molecule has 0 radical (unpaired) electrons. The normalized spacial score (nSPS) is 20.7. The summed E-state index contributed by atoms with van der Waals surface area (Å²) in [6, 6.07) is 4.34. The van der Waals surface area contributed by atoms with Crippen LogP contribution in [0, 0.1) is 0 Å². The SMILES string of the molecule is CNC(=O)c1cc(-c2cc(C3C(C)NCCN3S(C)(=O)=O)cc(Cl)n2)ncn1. The van der Waals surface area contributed by atoms with Crippen LogP contribution in [0.15, 0.2) is 24.5 Å². The van der Waals surface area contributed by atoms with Gasteiger partial charge < -0.3 is 10.6 Å². The van der Waals surface area contributed by atoms with Gasteiger partial charge in [0.1, 0.15) is 17.2 Å². The topological polar surface area (TPSA) is 117 Å². The zero-order valence-corrected chi connectivity index (χ0v) is 17.3. The summed E-state index contributed by atoms with van der Waals surface area (Å²) in [5.41, 5.74) is 1.74. The van der Waals surface area contributed by atoms with E-state index in [4.69, 9.17) is 11.6 Å².